The summed E-state index contributed by atoms with van der Waals surface area (Å²) in [5.41, 5.74) is 6.32. The fraction of sp³-hybridized carbons (Fsp3) is 0. The van der Waals surface area contributed by atoms with Crippen LogP contribution in [0, 0.1) is 0 Å². The standard InChI is InChI=1S/C28H16N2/c1-3-10-23-22(7-1)26-17-12-13-21-19-9-5-8-18-16-6-2-4-11-25(16)30(27(18)19)28(21)20(17)14-15-24(26)29-23/h1-15,29H. The second-order valence-electron chi connectivity index (χ2n) is 8.27. The fourth-order valence-corrected chi connectivity index (χ4v) is 5.67. The summed E-state index contributed by atoms with van der Waals surface area (Å²) < 4.78 is 2.48. The van der Waals surface area contributed by atoms with Crippen molar-refractivity contribution in [3.05, 3.63) is 91.0 Å². The monoisotopic (exact) mass is 380 g/mol. The second kappa shape index (κ2) is 4.92. The number of nitrogens with zero attached hydrogens (tertiary/aromatic N) is 1. The van der Waals surface area contributed by atoms with Crippen LogP contribution in [0.4, 0.5) is 0 Å². The van der Waals surface area contributed by atoms with Crippen molar-refractivity contribution in [1.82, 2.24) is 9.38 Å². The Kier molecular flexibility index (Phi) is 2.44. The van der Waals surface area contributed by atoms with Crippen LogP contribution in [0.25, 0.3) is 70.7 Å². The lowest BCUT2D eigenvalue weighted by atomic mass is 10.0. The highest BCUT2D eigenvalue weighted by molar-refractivity contribution is 6.30. The first kappa shape index (κ1) is 14.9. The molecule has 0 bridgehead atoms. The van der Waals surface area contributed by atoms with Crippen LogP contribution in [-0.2, 0) is 0 Å². The van der Waals surface area contributed by atoms with Crippen molar-refractivity contribution >= 4 is 70.7 Å². The molecule has 0 atom stereocenters. The Labute approximate surface area is 171 Å². The molecule has 5 aromatic carbocycles. The van der Waals surface area contributed by atoms with Gasteiger partial charge in [0.2, 0.25) is 0 Å². The molecule has 8 aromatic rings. The lowest BCUT2D eigenvalue weighted by molar-refractivity contribution is 1.38. The minimum Gasteiger partial charge on any atom is -0.354 e. The van der Waals surface area contributed by atoms with Crippen molar-refractivity contribution in [3.63, 3.8) is 0 Å². The van der Waals surface area contributed by atoms with Gasteiger partial charge in [0.25, 0.3) is 0 Å². The largest absolute Gasteiger partial charge is 0.354 e. The zero-order chi connectivity index (χ0) is 19.4. The number of benzene rings is 5. The molecule has 1 N–H and O–H groups in total. The Balaban J connectivity index is 1.73. The summed E-state index contributed by atoms with van der Waals surface area (Å²) in [6.07, 6.45) is 0. The molecule has 0 aliphatic rings. The number of fused-ring (bicyclic) bond motifs is 12. The van der Waals surface area contributed by atoms with E-state index in [4.69, 9.17) is 0 Å². The third-order valence-corrected chi connectivity index (χ3v) is 6.85. The van der Waals surface area contributed by atoms with E-state index in [0.717, 1.165) is 0 Å². The summed E-state index contributed by atoms with van der Waals surface area (Å²) in [5.74, 6) is 0. The summed E-state index contributed by atoms with van der Waals surface area (Å²) in [7, 11) is 0. The van der Waals surface area contributed by atoms with Crippen LogP contribution < -0.4 is 0 Å². The molecule has 8 rings (SSSR count). The van der Waals surface area contributed by atoms with Crippen LogP contribution in [0.3, 0.4) is 0 Å². The van der Waals surface area contributed by atoms with Crippen LogP contribution >= 0.6 is 0 Å². The highest BCUT2D eigenvalue weighted by Crippen LogP contribution is 2.43. The Hall–Kier alpha value is -4.04. The van der Waals surface area contributed by atoms with E-state index in [1.165, 1.54) is 70.7 Å². The van der Waals surface area contributed by atoms with Gasteiger partial charge in [-0.25, -0.2) is 0 Å². The van der Waals surface area contributed by atoms with Gasteiger partial charge >= 0.3 is 0 Å². The molecule has 0 aliphatic heterocycles. The summed E-state index contributed by atoms with van der Waals surface area (Å²) in [6, 6.07) is 33.2. The van der Waals surface area contributed by atoms with E-state index in [9.17, 15) is 0 Å². The zero-order valence-corrected chi connectivity index (χ0v) is 16.1. The summed E-state index contributed by atoms with van der Waals surface area (Å²) in [4.78, 5) is 3.59. The average molecular weight is 380 g/mol. The van der Waals surface area contributed by atoms with E-state index in [0.29, 0.717) is 0 Å². The summed E-state index contributed by atoms with van der Waals surface area (Å²) in [6.45, 7) is 0. The molecule has 138 valence electrons. The smallest absolute Gasteiger partial charge is 0.0620 e. The number of para-hydroxylation sites is 3. The highest BCUT2D eigenvalue weighted by Gasteiger charge is 2.19. The summed E-state index contributed by atoms with van der Waals surface area (Å²) in [5, 5.41) is 10.5. The molecule has 0 radical (unpaired) electrons. The van der Waals surface area contributed by atoms with E-state index in [-0.39, 0.29) is 0 Å². The predicted octanol–water partition coefficient (Wildman–Crippen LogP) is 7.62. The number of nitrogens with one attached hydrogen (secondary N) is 1. The van der Waals surface area contributed by atoms with E-state index in [1.807, 2.05) is 0 Å². The topological polar surface area (TPSA) is 20.2 Å². The number of H-pyrrole nitrogens is 1. The molecule has 0 aliphatic carbocycles. The second-order valence-corrected chi connectivity index (χ2v) is 8.27. The number of rotatable bonds is 0. The van der Waals surface area contributed by atoms with Crippen molar-refractivity contribution in [3.8, 4) is 0 Å². The number of aromatic nitrogens is 2. The number of hydrogen-bond donors (Lipinski definition) is 1. The third kappa shape index (κ3) is 1.56. The maximum atomic E-state index is 3.59. The predicted molar refractivity (Wildman–Crippen MR) is 128 cm³/mol. The van der Waals surface area contributed by atoms with E-state index in [1.54, 1.807) is 0 Å². The molecule has 2 heteroatoms. The average Bonchev–Trinajstić information content (AvgIpc) is 3.45. The Morgan fingerprint density at radius 2 is 1.03 bits per heavy atom. The van der Waals surface area contributed by atoms with Crippen LogP contribution in [-0.4, -0.2) is 9.38 Å². The quantitative estimate of drug-likeness (QED) is 0.279. The number of aromatic amines is 1. The van der Waals surface area contributed by atoms with E-state index < -0.39 is 0 Å². The fourth-order valence-electron chi connectivity index (χ4n) is 5.67. The van der Waals surface area contributed by atoms with Crippen LogP contribution in [0.15, 0.2) is 91.0 Å². The van der Waals surface area contributed by atoms with Gasteiger partial charge < -0.3 is 9.38 Å². The molecule has 2 nitrogen and oxygen atoms in total. The molecule has 3 aromatic heterocycles. The van der Waals surface area contributed by atoms with Gasteiger partial charge in [0.15, 0.2) is 0 Å². The van der Waals surface area contributed by atoms with Gasteiger partial charge in [-0.05, 0) is 23.6 Å². The molecule has 30 heavy (non-hydrogen) atoms. The molecule has 0 fully saturated rings. The van der Waals surface area contributed by atoms with Gasteiger partial charge in [-0.1, -0.05) is 72.8 Å². The summed E-state index contributed by atoms with van der Waals surface area (Å²) >= 11 is 0. The van der Waals surface area contributed by atoms with Gasteiger partial charge in [-0.3, -0.25) is 0 Å². The molecule has 0 spiro atoms. The first-order chi connectivity index (χ1) is 14.9. The Morgan fingerprint density at radius 1 is 0.433 bits per heavy atom. The van der Waals surface area contributed by atoms with Crippen molar-refractivity contribution in [1.29, 1.82) is 0 Å². The Morgan fingerprint density at radius 3 is 1.93 bits per heavy atom. The van der Waals surface area contributed by atoms with E-state index in [2.05, 4.69) is 100 Å². The van der Waals surface area contributed by atoms with Crippen molar-refractivity contribution in [2.75, 3.05) is 0 Å². The molecule has 3 heterocycles. The van der Waals surface area contributed by atoms with Crippen molar-refractivity contribution < 1.29 is 0 Å². The van der Waals surface area contributed by atoms with Crippen LogP contribution in [0.2, 0.25) is 0 Å². The highest BCUT2D eigenvalue weighted by atomic mass is 14.9. The third-order valence-electron chi connectivity index (χ3n) is 6.85. The maximum Gasteiger partial charge on any atom is 0.0620 e. The minimum absolute atomic E-state index is 1.19. The first-order valence-electron chi connectivity index (χ1n) is 10.4. The van der Waals surface area contributed by atoms with Crippen molar-refractivity contribution in [2.45, 2.75) is 0 Å². The lowest BCUT2D eigenvalue weighted by Crippen LogP contribution is -1.83. The van der Waals surface area contributed by atoms with Crippen molar-refractivity contribution in [2.24, 2.45) is 0 Å². The van der Waals surface area contributed by atoms with Gasteiger partial charge in [0, 0.05) is 48.7 Å². The molecule has 0 saturated heterocycles. The van der Waals surface area contributed by atoms with Crippen LogP contribution in [0.5, 0.6) is 0 Å². The molecular formula is C28H16N2. The van der Waals surface area contributed by atoms with E-state index >= 15 is 0 Å². The normalized spacial score (nSPS) is 12.7. The zero-order valence-electron chi connectivity index (χ0n) is 16.1. The molecular weight excluding hydrogens is 364 g/mol. The first-order valence-corrected chi connectivity index (χ1v) is 10.4. The van der Waals surface area contributed by atoms with Gasteiger partial charge in [-0.2, -0.15) is 0 Å². The maximum absolute atomic E-state index is 3.59. The van der Waals surface area contributed by atoms with Crippen LogP contribution in [0.1, 0.15) is 0 Å². The molecule has 0 amide bonds. The SMILES string of the molecule is c1ccc2c(c1)[nH]c1ccc3c(ccc4c5cccc6c7ccccc7n(c34)c65)c12. The minimum atomic E-state index is 1.19. The Bertz CT molecular complexity index is 1950. The lowest BCUT2D eigenvalue weighted by Gasteiger charge is -2.05. The molecule has 0 saturated carbocycles. The van der Waals surface area contributed by atoms with Gasteiger partial charge in [-0.15, -0.1) is 0 Å². The van der Waals surface area contributed by atoms with Gasteiger partial charge in [0.05, 0.1) is 16.6 Å². The molecule has 0 unspecified atom stereocenters. The number of hydrogen-bond acceptors (Lipinski definition) is 0. The van der Waals surface area contributed by atoms with Gasteiger partial charge in [0.1, 0.15) is 0 Å².